The molecule has 3 heterocycles. The van der Waals surface area contributed by atoms with Crippen LogP contribution in [0.25, 0.3) is 16.9 Å². The second-order valence-electron chi connectivity index (χ2n) is 8.08. The van der Waals surface area contributed by atoms with Crippen LogP contribution in [-0.4, -0.2) is 37.6 Å². The second-order valence-corrected chi connectivity index (χ2v) is 8.08. The summed E-state index contributed by atoms with van der Waals surface area (Å²) in [6.07, 6.45) is 4.53. The Bertz CT molecular complexity index is 1360. The molecule has 1 aliphatic heterocycles. The standard InChI is InChI=1S/C24H23FN6O2/c1-14-12-30(15(2)26-14)21-9-7-16(11-23(21)33-3)20-13-31(29-28-20)22-10-8-17-18(25)5-4-6-19(17)27-24(22)32/h4-7,9,11-13,22H,8,10H2,1-3H3,(H,27,32). The number of benzene rings is 2. The highest BCUT2D eigenvalue weighted by molar-refractivity contribution is 5.95. The highest BCUT2D eigenvalue weighted by Crippen LogP contribution is 2.32. The molecule has 0 saturated carbocycles. The van der Waals surface area contributed by atoms with Crippen LogP contribution in [0.5, 0.6) is 5.75 Å². The number of aryl methyl sites for hydroxylation is 2. The molecule has 0 saturated heterocycles. The van der Waals surface area contributed by atoms with E-state index in [0.717, 1.165) is 22.8 Å². The fourth-order valence-electron chi connectivity index (χ4n) is 4.27. The topological polar surface area (TPSA) is 86.9 Å². The van der Waals surface area contributed by atoms with E-state index in [-0.39, 0.29) is 11.7 Å². The Morgan fingerprint density at radius 3 is 2.79 bits per heavy atom. The van der Waals surface area contributed by atoms with Gasteiger partial charge in [-0.15, -0.1) is 5.10 Å². The molecule has 0 radical (unpaired) electrons. The first kappa shape index (κ1) is 20.9. The number of anilines is 1. The van der Waals surface area contributed by atoms with Gasteiger partial charge in [-0.3, -0.25) is 4.79 Å². The van der Waals surface area contributed by atoms with Gasteiger partial charge in [-0.1, -0.05) is 17.3 Å². The van der Waals surface area contributed by atoms with Crippen LogP contribution >= 0.6 is 0 Å². The first-order chi connectivity index (χ1) is 15.9. The van der Waals surface area contributed by atoms with E-state index in [4.69, 9.17) is 4.74 Å². The van der Waals surface area contributed by atoms with Crippen molar-refractivity contribution in [2.45, 2.75) is 32.7 Å². The lowest BCUT2D eigenvalue weighted by atomic mass is 10.1. The number of ether oxygens (including phenoxy) is 1. The van der Waals surface area contributed by atoms with E-state index in [2.05, 4.69) is 20.6 Å². The van der Waals surface area contributed by atoms with Crippen molar-refractivity contribution in [2.24, 2.45) is 0 Å². The predicted octanol–water partition coefficient (Wildman–Crippen LogP) is 4.02. The zero-order chi connectivity index (χ0) is 23.1. The number of rotatable bonds is 4. The fraction of sp³-hybridized carbons (Fsp3) is 0.250. The summed E-state index contributed by atoms with van der Waals surface area (Å²) in [6.45, 7) is 3.88. The number of imidazole rings is 1. The SMILES string of the molecule is COc1cc(-c2cn(C3CCc4c(F)cccc4NC3=O)nn2)ccc1-n1cc(C)nc1C. The largest absolute Gasteiger partial charge is 0.495 e. The fourth-order valence-corrected chi connectivity index (χ4v) is 4.27. The number of hydrogen-bond acceptors (Lipinski definition) is 5. The number of halogens is 1. The average Bonchev–Trinajstić information content (AvgIpc) is 3.36. The molecule has 4 aromatic rings. The van der Waals surface area contributed by atoms with Gasteiger partial charge in [0, 0.05) is 23.0 Å². The van der Waals surface area contributed by atoms with Gasteiger partial charge in [-0.2, -0.15) is 0 Å². The van der Waals surface area contributed by atoms with Crippen LogP contribution in [0.1, 0.15) is 29.5 Å². The Labute approximate surface area is 190 Å². The molecular formula is C24H23FN6O2. The van der Waals surface area contributed by atoms with Crippen molar-refractivity contribution in [3.05, 3.63) is 71.7 Å². The lowest BCUT2D eigenvalue weighted by Crippen LogP contribution is -2.25. The van der Waals surface area contributed by atoms with Crippen LogP contribution in [0.3, 0.4) is 0 Å². The van der Waals surface area contributed by atoms with Gasteiger partial charge >= 0.3 is 0 Å². The maximum absolute atomic E-state index is 14.2. The van der Waals surface area contributed by atoms with Crippen LogP contribution < -0.4 is 10.1 Å². The van der Waals surface area contributed by atoms with E-state index in [0.29, 0.717) is 35.5 Å². The molecular weight excluding hydrogens is 423 g/mol. The molecule has 1 amide bonds. The van der Waals surface area contributed by atoms with Crippen molar-refractivity contribution >= 4 is 11.6 Å². The molecule has 5 rings (SSSR count). The van der Waals surface area contributed by atoms with Gasteiger partial charge < -0.3 is 14.6 Å². The summed E-state index contributed by atoms with van der Waals surface area (Å²) >= 11 is 0. The summed E-state index contributed by atoms with van der Waals surface area (Å²) in [5.74, 6) is 0.972. The monoisotopic (exact) mass is 446 g/mol. The van der Waals surface area contributed by atoms with E-state index in [9.17, 15) is 9.18 Å². The summed E-state index contributed by atoms with van der Waals surface area (Å²) in [4.78, 5) is 17.3. The maximum atomic E-state index is 14.2. The van der Waals surface area contributed by atoms with Crippen molar-refractivity contribution in [3.63, 3.8) is 0 Å². The summed E-state index contributed by atoms with van der Waals surface area (Å²) in [7, 11) is 1.62. The summed E-state index contributed by atoms with van der Waals surface area (Å²) in [5.41, 5.74) is 4.23. The van der Waals surface area contributed by atoms with Crippen LogP contribution in [-0.2, 0) is 11.2 Å². The second kappa shape index (κ2) is 8.16. The third kappa shape index (κ3) is 3.75. The van der Waals surface area contributed by atoms with Crippen molar-refractivity contribution in [1.82, 2.24) is 24.5 Å². The van der Waals surface area contributed by atoms with Crippen LogP contribution in [0.2, 0.25) is 0 Å². The maximum Gasteiger partial charge on any atom is 0.249 e. The first-order valence-corrected chi connectivity index (χ1v) is 10.7. The number of nitrogens with one attached hydrogen (secondary N) is 1. The quantitative estimate of drug-likeness (QED) is 0.512. The molecule has 1 aliphatic rings. The van der Waals surface area contributed by atoms with Crippen molar-refractivity contribution in [1.29, 1.82) is 0 Å². The number of methoxy groups -OCH3 is 1. The third-order valence-electron chi connectivity index (χ3n) is 5.91. The van der Waals surface area contributed by atoms with E-state index in [1.807, 2.05) is 42.8 Å². The van der Waals surface area contributed by atoms with Crippen molar-refractivity contribution in [3.8, 4) is 22.7 Å². The Balaban J connectivity index is 1.44. The number of fused-ring (bicyclic) bond motifs is 1. The smallest absolute Gasteiger partial charge is 0.249 e. The van der Waals surface area contributed by atoms with Gasteiger partial charge in [0.1, 0.15) is 29.1 Å². The van der Waals surface area contributed by atoms with Crippen LogP contribution in [0.4, 0.5) is 10.1 Å². The molecule has 33 heavy (non-hydrogen) atoms. The molecule has 1 unspecified atom stereocenters. The lowest BCUT2D eigenvalue weighted by Gasteiger charge is -2.13. The third-order valence-corrected chi connectivity index (χ3v) is 5.91. The number of hydrogen-bond donors (Lipinski definition) is 1. The number of amides is 1. The minimum Gasteiger partial charge on any atom is -0.495 e. The van der Waals surface area contributed by atoms with E-state index in [1.54, 1.807) is 25.4 Å². The highest BCUT2D eigenvalue weighted by atomic mass is 19.1. The zero-order valence-corrected chi connectivity index (χ0v) is 18.5. The Morgan fingerprint density at radius 2 is 2.03 bits per heavy atom. The molecule has 1 N–H and O–H groups in total. The molecule has 1 atom stereocenters. The number of carbonyl (C=O) groups is 1. The van der Waals surface area contributed by atoms with E-state index >= 15 is 0 Å². The van der Waals surface area contributed by atoms with Gasteiger partial charge in [-0.25, -0.2) is 14.1 Å². The first-order valence-electron chi connectivity index (χ1n) is 10.7. The molecule has 0 spiro atoms. The Kier molecular flexibility index (Phi) is 5.16. The molecule has 0 fully saturated rings. The average molecular weight is 446 g/mol. The summed E-state index contributed by atoms with van der Waals surface area (Å²) < 4.78 is 23.3. The van der Waals surface area contributed by atoms with Gasteiger partial charge in [0.25, 0.3) is 0 Å². The van der Waals surface area contributed by atoms with Gasteiger partial charge in [0.05, 0.1) is 24.7 Å². The van der Waals surface area contributed by atoms with E-state index in [1.165, 1.54) is 10.7 Å². The van der Waals surface area contributed by atoms with Gasteiger partial charge in [-0.05, 0) is 51.0 Å². The molecule has 0 bridgehead atoms. The van der Waals surface area contributed by atoms with Crippen molar-refractivity contribution in [2.75, 3.05) is 12.4 Å². The zero-order valence-electron chi connectivity index (χ0n) is 18.5. The molecule has 168 valence electrons. The molecule has 2 aromatic carbocycles. The Hall–Kier alpha value is -4.01. The summed E-state index contributed by atoms with van der Waals surface area (Å²) in [5, 5.41) is 11.3. The van der Waals surface area contributed by atoms with Crippen molar-refractivity contribution < 1.29 is 13.9 Å². The minimum absolute atomic E-state index is 0.241. The number of carbonyl (C=O) groups excluding carboxylic acids is 1. The summed E-state index contributed by atoms with van der Waals surface area (Å²) in [6, 6.07) is 9.88. The lowest BCUT2D eigenvalue weighted by molar-refractivity contribution is -0.119. The van der Waals surface area contributed by atoms with E-state index < -0.39 is 6.04 Å². The van der Waals surface area contributed by atoms with Gasteiger partial charge in [0.15, 0.2) is 0 Å². The van der Waals surface area contributed by atoms with Crippen LogP contribution in [0.15, 0.2) is 48.8 Å². The van der Waals surface area contributed by atoms with Crippen LogP contribution in [0, 0.1) is 19.7 Å². The molecule has 2 aromatic heterocycles. The van der Waals surface area contributed by atoms with Gasteiger partial charge in [0.2, 0.25) is 5.91 Å². The normalized spacial score (nSPS) is 15.6. The number of nitrogens with zero attached hydrogens (tertiary/aromatic N) is 5. The molecule has 0 aliphatic carbocycles. The predicted molar refractivity (Wildman–Crippen MR) is 121 cm³/mol. The minimum atomic E-state index is -0.587. The Morgan fingerprint density at radius 1 is 1.18 bits per heavy atom. The number of aromatic nitrogens is 5. The molecule has 9 heteroatoms. The molecule has 8 nitrogen and oxygen atoms in total. The highest BCUT2D eigenvalue weighted by Gasteiger charge is 2.27.